The monoisotopic (exact) mass is 276 g/mol. The van der Waals surface area contributed by atoms with E-state index in [1.807, 2.05) is 0 Å². The highest BCUT2D eigenvalue weighted by Gasteiger charge is 2.41. The van der Waals surface area contributed by atoms with Crippen LogP contribution in [0.15, 0.2) is 0 Å². The molecule has 2 nitrogen and oxygen atoms in total. The normalized spacial score (nSPS) is 35.7. The molecule has 1 aliphatic heterocycles. The smallest absolute Gasteiger partial charge is 0.310 e. The van der Waals surface area contributed by atoms with Crippen LogP contribution < -0.4 is 5.32 Å². The number of alkyl halides is 3. The van der Waals surface area contributed by atoms with Gasteiger partial charge in [-0.25, -0.2) is 0 Å². The predicted molar refractivity (Wildman–Crippen MR) is 67.9 cm³/mol. The standard InChI is InChI=1S/C14H23F3N2/c15-14(16,17)9-19(12-5-6-12)8-11-7-10-3-1-2-4-13(10)18-11/h10-13,18H,1-9H2. The van der Waals surface area contributed by atoms with Crippen LogP contribution >= 0.6 is 0 Å². The van der Waals surface area contributed by atoms with Crippen LogP contribution in [0.25, 0.3) is 0 Å². The molecule has 5 heteroatoms. The van der Waals surface area contributed by atoms with E-state index in [0.29, 0.717) is 18.5 Å². The fourth-order valence-electron chi connectivity index (χ4n) is 3.87. The molecule has 1 saturated heterocycles. The molecule has 3 unspecified atom stereocenters. The summed E-state index contributed by atoms with van der Waals surface area (Å²) in [6, 6.07) is 1.03. The van der Waals surface area contributed by atoms with Gasteiger partial charge in [0.05, 0.1) is 6.54 Å². The van der Waals surface area contributed by atoms with Crippen LogP contribution in [0.5, 0.6) is 0 Å². The predicted octanol–water partition coefficient (Wildman–Crippen LogP) is 2.93. The highest BCUT2D eigenvalue weighted by Crippen LogP contribution is 2.35. The van der Waals surface area contributed by atoms with E-state index in [2.05, 4.69) is 5.32 Å². The number of fused-ring (bicyclic) bond motifs is 1. The van der Waals surface area contributed by atoms with Crippen LogP contribution in [-0.4, -0.2) is 42.3 Å². The summed E-state index contributed by atoms with van der Waals surface area (Å²) < 4.78 is 37.8. The zero-order valence-corrected chi connectivity index (χ0v) is 11.3. The molecular weight excluding hydrogens is 253 g/mol. The lowest BCUT2D eigenvalue weighted by Gasteiger charge is -2.27. The third-order valence-corrected chi connectivity index (χ3v) is 4.85. The van der Waals surface area contributed by atoms with Crippen LogP contribution in [0.1, 0.15) is 44.9 Å². The third-order valence-electron chi connectivity index (χ3n) is 4.85. The van der Waals surface area contributed by atoms with Crippen molar-refractivity contribution in [2.75, 3.05) is 13.1 Å². The Kier molecular flexibility index (Phi) is 3.78. The second-order valence-corrected chi connectivity index (χ2v) is 6.53. The topological polar surface area (TPSA) is 15.3 Å². The SMILES string of the molecule is FC(F)(F)CN(CC1CC2CCCCC2N1)C1CC1. The first-order valence-electron chi connectivity index (χ1n) is 7.58. The third kappa shape index (κ3) is 3.63. The molecule has 0 radical (unpaired) electrons. The molecule has 110 valence electrons. The Morgan fingerprint density at radius 3 is 2.42 bits per heavy atom. The van der Waals surface area contributed by atoms with Crippen LogP contribution in [-0.2, 0) is 0 Å². The number of hydrogen-bond acceptors (Lipinski definition) is 2. The molecule has 2 aliphatic carbocycles. The first-order chi connectivity index (χ1) is 9.01. The van der Waals surface area contributed by atoms with Gasteiger partial charge >= 0.3 is 6.18 Å². The summed E-state index contributed by atoms with van der Waals surface area (Å²) in [6.45, 7) is -0.150. The average molecular weight is 276 g/mol. The molecule has 2 saturated carbocycles. The van der Waals surface area contributed by atoms with Gasteiger partial charge in [-0.15, -0.1) is 0 Å². The van der Waals surface area contributed by atoms with Gasteiger partial charge in [-0.3, -0.25) is 4.90 Å². The van der Waals surface area contributed by atoms with Crippen LogP contribution in [0.2, 0.25) is 0 Å². The van der Waals surface area contributed by atoms with Gasteiger partial charge in [-0.1, -0.05) is 12.8 Å². The summed E-state index contributed by atoms with van der Waals surface area (Å²) in [5.41, 5.74) is 0. The highest BCUT2D eigenvalue weighted by atomic mass is 19.4. The number of hydrogen-bond donors (Lipinski definition) is 1. The second kappa shape index (κ2) is 5.24. The summed E-state index contributed by atoms with van der Waals surface area (Å²) in [7, 11) is 0. The zero-order chi connectivity index (χ0) is 13.5. The fraction of sp³-hybridized carbons (Fsp3) is 1.00. The van der Waals surface area contributed by atoms with E-state index in [-0.39, 0.29) is 12.1 Å². The molecular formula is C14H23F3N2. The number of rotatable bonds is 4. The van der Waals surface area contributed by atoms with Crippen LogP contribution in [0.3, 0.4) is 0 Å². The molecule has 19 heavy (non-hydrogen) atoms. The Bertz CT molecular complexity index is 300. The van der Waals surface area contributed by atoms with Crippen molar-refractivity contribution >= 4 is 0 Å². The summed E-state index contributed by atoms with van der Waals surface area (Å²) >= 11 is 0. The Balaban J connectivity index is 1.54. The van der Waals surface area contributed by atoms with Gasteiger partial charge in [-0.2, -0.15) is 13.2 Å². The van der Waals surface area contributed by atoms with Crippen LogP contribution in [0, 0.1) is 5.92 Å². The molecule has 1 N–H and O–H groups in total. The van der Waals surface area contributed by atoms with Gasteiger partial charge in [0.2, 0.25) is 0 Å². The van der Waals surface area contributed by atoms with E-state index >= 15 is 0 Å². The maximum absolute atomic E-state index is 12.6. The minimum atomic E-state index is -4.06. The summed E-state index contributed by atoms with van der Waals surface area (Å²) in [4.78, 5) is 1.66. The first-order valence-corrected chi connectivity index (χ1v) is 7.58. The van der Waals surface area contributed by atoms with E-state index in [4.69, 9.17) is 0 Å². The van der Waals surface area contributed by atoms with Crippen molar-refractivity contribution < 1.29 is 13.2 Å². The molecule has 3 fully saturated rings. The van der Waals surface area contributed by atoms with E-state index in [9.17, 15) is 13.2 Å². The van der Waals surface area contributed by atoms with Crippen molar-refractivity contribution in [2.45, 2.75) is 69.2 Å². The van der Waals surface area contributed by atoms with Crippen molar-refractivity contribution in [2.24, 2.45) is 5.92 Å². The highest BCUT2D eigenvalue weighted by molar-refractivity contribution is 4.96. The van der Waals surface area contributed by atoms with E-state index in [1.54, 1.807) is 4.90 Å². The molecule has 0 spiro atoms. The Hall–Kier alpha value is -0.290. The molecule has 0 aromatic heterocycles. The van der Waals surface area contributed by atoms with Crippen molar-refractivity contribution in [1.82, 2.24) is 10.2 Å². The second-order valence-electron chi connectivity index (χ2n) is 6.53. The fourth-order valence-corrected chi connectivity index (χ4v) is 3.87. The molecule has 0 aromatic rings. The van der Waals surface area contributed by atoms with E-state index in [1.165, 1.54) is 25.7 Å². The zero-order valence-electron chi connectivity index (χ0n) is 11.3. The van der Waals surface area contributed by atoms with Gasteiger partial charge < -0.3 is 5.32 Å². The summed E-state index contributed by atoms with van der Waals surface area (Å²) in [6.07, 6.45) is 3.94. The maximum atomic E-state index is 12.6. The average Bonchev–Trinajstić information content (AvgIpc) is 3.07. The number of halogens is 3. The largest absolute Gasteiger partial charge is 0.401 e. The summed E-state index contributed by atoms with van der Waals surface area (Å²) in [5.74, 6) is 0.714. The minimum absolute atomic E-state index is 0.186. The lowest BCUT2D eigenvalue weighted by Crippen LogP contribution is -2.44. The molecule has 0 amide bonds. The van der Waals surface area contributed by atoms with E-state index < -0.39 is 12.7 Å². The summed E-state index contributed by atoms with van der Waals surface area (Å²) in [5, 5.41) is 3.58. The van der Waals surface area contributed by atoms with Gasteiger partial charge in [0.25, 0.3) is 0 Å². The molecule has 0 bridgehead atoms. The molecule has 3 rings (SSSR count). The molecule has 3 aliphatic rings. The molecule has 0 aromatic carbocycles. The van der Waals surface area contributed by atoms with Crippen LogP contribution in [0.4, 0.5) is 13.2 Å². The van der Waals surface area contributed by atoms with Gasteiger partial charge in [0, 0.05) is 24.7 Å². The van der Waals surface area contributed by atoms with Gasteiger partial charge in [-0.05, 0) is 38.0 Å². The number of nitrogens with one attached hydrogen (secondary N) is 1. The Labute approximate surface area is 112 Å². The van der Waals surface area contributed by atoms with Crippen molar-refractivity contribution in [3.8, 4) is 0 Å². The molecule has 3 atom stereocenters. The first kappa shape index (κ1) is 13.7. The Morgan fingerprint density at radius 1 is 1.05 bits per heavy atom. The molecule has 1 heterocycles. The van der Waals surface area contributed by atoms with Gasteiger partial charge in [0.15, 0.2) is 0 Å². The lowest BCUT2D eigenvalue weighted by atomic mass is 9.85. The van der Waals surface area contributed by atoms with Crippen molar-refractivity contribution in [1.29, 1.82) is 0 Å². The minimum Gasteiger partial charge on any atom is -0.310 e. The lowest BCUT2D eigenvalue weighted by molar-refractivity contribution is -0.147. The van der Waals surface area contributed by atoms with Crippen molar-refractivity contribution in [3.05, 3.63) is 0 Å². The maximum Gasteiger partial charge on any atom is 0.401 e. The van der Waals surface area contributed by atoms with Gasteiger partial charge in [0.1, 0.15) is 0 Å². The quantitative estimate of drug-likeness (QED) is 0.849. The Morgan fingerprint density at radius 2 is 1.79 bits per heavy atom. The number of nitrogens with zero attached hydrogens (tertiary/aromatic N) is 1. The van der Waals surface area contributed by atoms with E-state index in [0.717, 1.165) is 19.3 Å². The van der Waals surface area contributed by atoms with Crippen molar-refractivity contribution in [3.63, 3.8) is 0 Å².